The van der Waals surface area contributed by atoms with Gasteiger partial charge >= 0.3 is 0 Å². The second-order valence-corrected chi connectivity index (χ2v) is 9.02. The molecule has 8 heteroatoms. The zero-order valence-corrected chi connectivity index (χ0v) is 19.0. The number of quaternary nitrogens is 1. The van der Waals surface area contributed by atoms with Crippen molar-refractivity contribution in [3.05, 3.63) is 58.1 Å². The van der Waals surface area contributed by atoms with Crippen molar-refractivity contribution < 1.29 is 14.7 Å². The minimum atomic E-state index is -0.784. The van der Waals surface area contributed by atoms with Crippen molar-refractivity contribution in [3.8, 4) is 5.75 Å². The highest BCUT2D eigenvalue weighted by atomic mass is 35.5. The largest absolute Gasteiger partial charge is 0.489 e. The summed E-state index contributed by atoms with van der Waals surface area (Å²) in [6.07, 6.45) is 3.13. The van der Waals surface area contributed by atoms with E-state index < -0.39 is 6.10 Å². The lowest BCUT2D eigenvalue weighted by Gasteiger charge is -2.23. The van der Waals surface area contributed by atoms with E-state index in [4.69, 9.17) is 33.3 Å². The fourth-order valence-electron chi connectivity index (χ4n) is 4.32. The van der Waals surface area contributed by atoms with Crippen LogP contribution in [-0.2, 0) is 13.1 Å². The highest BCUT2D eigenvalue weighted by Crippen LogP contribution is 2.27. The maximum atomic E-state index is 10.6. The number of likely N-dealkylation sites (tertiary alicyclic amines) is 1. The van der Waals surface area contributed by atoms with Gasteiger partial charge in [0, 0.05) is 5.02 Å². The molecule has 166 valence electrons. The fourth-order valence-corrected chi connectivity index (χ4v) is 4.78. The van der Waals surface area contributed by atoms with E-state index in [2.05, 4.69) is 4.57 Å². The van der Waals surface area contributed by atoms with Gasteiger partial charge in [0.1, 0.15) is 18.5 Å². The van der Waals surface area contributed by atoms with Gasteiger partial charge in [-0.2, -0.15) is 0 Å². The second-order valence-electron chi connectivity index (χ2n) is 8.17. The number of para-hydroxylation sites is 2. The molecule has 1 aromatic heterocycles. The number of imidazole rings is 1. The molecule has 0 radical (unpaired) electrons. The first-order chi connectivity index (χ1) is 15.0. The summed E-state index contributed by atoms with van der Waals surface area (Å²) in [6, 6.07) is 13.0. The smallest absolute Gasteiger partial charge is 0.203 e. The van der Waals surface area contributed by atoms with Crippen LogP contribution in [0.2, 0.25) is 10.0 Å². The minimum Gasteiger partial charge on any atom is -0.489 e. The normalized spacial score (nSPS) is 16.0. The van der Waals surface area contributed by atoms with E-state index >= 15 is 0 Å². The first-order valence-corrected chi connectivity index (χ1v) is 11.6. The molecule has 0 amide bonds. The zero-order chi connectivity index (χ0) is 21.8. The van der Waals surface area contributed by atoms with Gasteiger partial charge in [0.2, 0.25) is 5.62 Å². The standard InChI is InChI=1S/C23H28Cl2N4O2/c24-17-8-9-22(19(25)14-17)31-16-18(30)15-29-21-7-3-2-6-20(21)28(23(29)26)13-12-27-10-4-1-5-11-27/h2-3,6-9,14,18,26,30H,1,4-5,10-13,15-16H2/p+1. The molecule has 2 heterocycles. The van der Waals surface area contributed by atoms with Gasteiger partial charge in [0.15, 0.2) is 0 Å². The number of nitrogens with zero attached hydrogens (tertiary/aromatic N) is 2. The van der Waals surface area contributed by atoms with Crippen molar-refractivity contribution in [1.29, 1.82) is 5.41 Å². The Bertz CT molecular complexity index is 1090. The third-order valence-electron chi connectivity index (χ3n) is 5.94. The highest BCUT2D eigenvalue weighted by molar-refractivity contribution is 6.35. The number of nitrogens with one attached hydrogen (secondary N) is 2. The quantitative estimate of drug-likeness (QED) is 0.480. The summed E-state index contributed by atoms with van der Waals surface area (Å²) in [7, 11) is 0. The molecule has 1 unspecified atom stereocenters. The molecule has 0 spiro atoms. The lowest BCUT2D eigenvalue weighted by Crippen LogP contribution is -3.13. The van der Waals surface area contributed by atoms with Crippen LogP contribution in [-0.4, -0.2) is 46.6 Å². The highest BCUT2D eigenvalue weighted by Gasteiger charge is 2.18. The van der Waals surface area contributed by atoms with Crippen molar-refractivity contribution in [1.82, 2.24) is 9.13 Å². The van der Waals surface area contributed by atoms with E-state index in [1.807, 2.05) is 28.8 Å². The van der Waals surface area contributed by atoms with E-state index in [0.717, 1.165) is 24.1 Å². The molecule has 1 atom stereocenters. The van der Waals surface area contributed by atoms with Crippen LogP contribution in [0.3, 0.4) is 0 Å². The van der Waals surface area contributed by atoms with Crippen molar-refractivity contribution in [2.75, 3.05) is 26.2 Å². The molecular formula is C23H29Cl2N4O2+. The van der Waals surface area contributed by atoms with E-state index in [1.165, 1.54) is 32.4 Å². The van der Waals surface area contributed by atoms with E-state index in [1.54, 1.807) is 23.1 Å². The number of fused-ring (bicyclic) bond motifs is 1. The van der Waals surface area contributed by atoms with Crippen molar-refractivity contribution in [3.63, 3.8) is 0 Å². The van der Waals surface area contributed by atoms with Crippen LogP contribution < -0.4 is 15.3 Å². The average molecular weight is 464 g/mol. The number of hydrogen-bond donors (Lipinski definition) is 3. The Morgan fingerprint density at radius 3 is 2.45 bits per heavy atom. The molecule has 6 nitrogen and oxygen atoms in total. The topological polar surface area (TPSA) is 67.6 Å². The molecule has 0 saturated carbocycles. The minimum absolute atomic E-state index is 0.0746. The van der Waals surface area contributed by atoms with Crippen LogP contribution >= 0.6 is 23.2 Å². The van der Waals surface area contributed by atoms with Crippen LogP contribution in [0, 0.1) is 5.41 Å². The predicted octanol–water partition coefficient (Wildman–Crippen LogP) is 2.74. The van der Waals surface area contributed by atoms with Crippen molar-refractivity contribution >= 4 is 34.2 Å². The Labute approximate surface area is 192 Å². The first kappa shape index (κ1) is 22.2. The van der Waals surface area contributed by atoms with Crippen molar-refractivity contribution in [2.45, 2.75) is 38.5 Å². The third-order valence-corrected chi connectivity index (χ3v) is 6.47. The Morgan fingerprint density at radius 2 is 1.74 bits per heavy atom. The number of ether oxygens (including phenoxy) is 1. The van der Waals surface area contributed by atoms with Crippen LogP contribution in [0.15, 0.2) is 42.5 Å². The van der Waals surface area contributed by atoms with E-state index in [0.29, 0.717) is 21.4 Å². The monoisotopic (exact) mass is 463 g/mol. The Balaban J connectivity index is 1.47. The Morgan fingerprint density at radius 1 is 1.03 bits per heavy atom. The van der Waals surface area contributed by atoms with Gasteiger partial charge < -0.3 is 23.9 Å². The van der Waals surface area contributed by atoms with Crippen LogP contribution in [0.1, 0.15) is 19.3 Å². The van der Waals surface area contributed by atoms with Gasteiger partial charge in [0.05, 0.1) is 48.8 Å². The molecule has 0 bridgehead atoms. The summed E-state index contributed by atoms with van der Waals surface area (Å²) in [5.41, 5.74) is 2.38. The SMILES string of the molecule is N=c1n(CC[NH+]2CCCCC2)c2ccccc2n1CC(O)COc1ccc(Cl)cc1Cl. The summed E-state index contributed by atoms with van der Waals surface area (Å²) in [4.78, 5) is 1.61. The number of aliphatic hydroxyl groups excluding tert-OH is 1. The second kappa shape index (κ2) is 10.1. The number of hydrogen-bond acceptors (Lipinski definition) is 3. The summed E-state index contributed by atoms with van der Waals surface area (Å²) >= 11 is 12.1. The number of halogens is 2. The molecular weight excluding hydrogens is 435 g/mol. The number of aliphatic hydroxyl groups is 1. The lowest BCUT2D eigenvalue weighted by molar-refractivity contribution is -0.905. The fraction of sp³-hybridized carbons (Fsp3) is 0.435. The number of aromatic nitrogens is 2. The van der Waals surface area contributed by atoms with E-state index in [-0.39, 0.29) is 13.2 Å². The van der Waals surface area contributed by atoms with Gasteiger partial charge in [-0.1, -0.05) is 35.3 Å². The number of rotatable bonds is 8. The molecule has 1 fully saturated rings. The molecule has 3 N–H and O–H groups in total. The molecule has 4 rings (SSSR count). The average Bonchev–Trinajstić information content (AvgIpc) is 3.03. The molecule has 1 saturated heterocycles. The predicted molar refractivity (Wildman–Crippen MR) is 123 cm³/mol. The van der Waals surface area contributed by atoms with Crippen LogP contribution in [0.4, 0.5) is 0 Å². The molecule has 31 heavy (non-hydrogen) atoms. The van der Waals surface area contributed by atoms with Gasteiger partial charge in [-0.15, -0.1) is 0 Å². The number of piperidine rings is 1. The summed E-state index contributed by atoms with van der Waals surface area (Å²) in [5, 5.41) is 20.3. The number of benzene rings is 2. The summed E-state index contributed by atoms with van der Waals surface area (Å²) in [6.45, 7) is 4.60. The maximum absolute atomic E-state index is 10.6. The van der Waals surface area contributed by atoms with Crippen LogP contribution in [0.25, 0.3) is 11.0 Å². The van der Waals surface area contributed by atoms with Crippen LogP contribution in [0.5, 0.6) is 5.75 Å². The lowest BCUT2D eigenvalue weighted by atomic mass is 10.1. The molecule has 3 aromatic rings. The summed E-state index contributed by atoms with van der Waals surface area (Å²) < 4.78 is 9.60. The molecule has 1 aliphatic rings. The molecule has 2 aromatic carbocycles. The van der Waals surface area contributed by atoms with Gasteiger partial charge in [0.25, 0.3) is 0 Å². The maximum Gasteiger partial charge on any atom is 0.203 e. The Kier molecular flexibility index (Phi) is 7.23. The van der Waals surface area contributed by atoms with E-state index in [9.17, 15) is 5.11 Å². The first-order valence-electron chi connectivity index (χ1n) is 10.8. The van der Waals surface area contributed by atoms with Gasteiger partial charge in [-0.25, -0.2) is 0 Å². The Hall–Kier alpha value is -1.99. The third kappa shape index (κ3) is 5.26. The zero-order valence-electron chi connectivity index (χ0n) is 17.5. The summed E-state index contributed by atoms with van der Waals surface area (Å²) in [5.74, 6) is 0.480. The molecule has 0 aliphatic carbocycles. The molecule has 1 aliphatic heterocycles. The van der Waals surface area contributed by atoms with Crippen molar-refractivity contribution in [2.24, 2.45) is 0 Å². The van der Waals surface area contributed by atoms with Gasteiger partial charge in [-0.3, -0.25) is 5.41 Å². The van der Waals surface area contributed by atoms with Gasteiger partial charge in [-0.05, 0) is 49.6 Å².